The van der Waals surface area contributed by atoms with Gasteiger partial charge in [-0.05, 0) is 24.7 Å². The topological polar surface area (TPSA) is 78.9 Å². The average Bonchev–Trinajstić information content (AvgIpc) is 3.04. The van der Waals surface area contributed by atoms with Crippen LogP contribution in [0.25, 0.3) is 0 Å². The normalized spacial score (nSPS) is 12.6. The molecule has 0 atom stereocenters. The van der Waals surface area contributed by atoms with Crippen molar-refractivity contribution < 1.29 is 19.4 Å². The van der Waals surface area contributed by atoms with E-state index in [4.69, 9.17) is 9.84 Å². The average molecular weight is 340 g/mol. The highest BCUT2D eigenvalue weighted by molar-refractivity contribution is 6.01. The number of benzene rings is 2. The number of likely N-dealkylation sites (N-methyl/N-ethyl adjacent to an activating group) is 1. The molecule has 0 spiro atoms. The largest absolute Gasteiger partial charge is 0.493 e. The minimum Gasteiger partial charge on any atom is -0.493 e. The molecule has 2 N–H and O–H groups in total. The predicted molar refractivity (Wildman–Crippen MR) is 94.0 cm³/mol. The lowest BCUT2D eigenvalue weighted by Crippen LogP contribution is -2.30. The summed E-state index contributed by atoms with van der Waals surface area (Å²) in [5.74, 6) is -0.406. The first-order valence-corrected chi connectivity index (χ1v) is 8.09. The van der Waals surface area contributed by atoms with Crippen molar-refractivity contribution in [2.45, 2.75) is 13.0 Å². The van der Waals surface area contributed by atoms with Crippen molar-refractivity contribution in [1.29, 1.82) is 0 Å². The Bertz CT molecular complexity index is 804. The van der Waals surface area contributed by atoms with E-state index < -0.39 is 5.97 Å². The van der Waals surface area contributed by atoms with Crippen LogP contribution in [-0.2, 0) is 17.8 Å². The Morgan fingerprint density at radius 2 is 2.00 bits per heavy atom. The van der Waals surface area contributed by atoms with E-state index in [9.17, 15) is 9.59 Å². The molecule has 2 aromatic carbocycles. The molecule has 25 heavy (non-hydrogen) atoms. The van der Waals surface area contributed by atoms with Crippen LogP contribution in [0.2, 0.25) is 0 Å². The first-order valence-electron chi connectivity index (χ1n) is 8.09. The van der Waals surface area contributed by atoms with Crippen LogP contribution in [0.1, 0.15) is 21.5 Å². The molecule has 0 fully saturated rings. The van der Waals surface area contributed by atoms with Crippen molar-refractivity contribution in [3.63, 3.8) is 0 Å². The van der Waals surface area contributed by atoms with Gasteiger partial charge in [0.1, 0.15) is 5.75 Å². The number of hydrogen-bond acceptors (Lipinski definition) is 4. The lowest BCUT2D eigenvalue weighted by molar-refractivity contribution is -0.117. The third-order valence-corrected chi connectivity index (χ3v) is 4.08. The van der Waals surface area contributed by atoms with Gasteiger partial charge in [-0.25, -0.2) is 4.79 Å². The number of ether oxygens (including phenoxy) is 1. The molecular formula is C19H20N2O4. The lowest BCUT2D eigenvalue weighted by atomic mass is 10.1. The minimum absolute atomic E-state index is 0.0767. The fourth-order valence-electron chi connectivity index (χ4n) is 2.97. The summed E-state index contributed by atoms with van der Waals surface area (Å²) in [5, 5.41) is 11.8. The summed E-state index contributed by atoms with van der Waals surface area (Å²) in [6, 6.07) is 12.4. The summed E-state index contributed by atoms with van der Waals surface area (Å²) < 4.78 is 5.68. The molecule has 1 aliphatic rings. The summed E-state index contributed by atoms with van der Waals surface area (Å²) in [7, 11) is 1.84. The van der Waals surface area contributed by atoms with Gasteiger partial charge in [-0.2, -0.15) is 0 Å². The van der Waals surface area contributed by atoms with Gasteiger partial charge in [0.25, 0.3) is 0 Å². The molecule has 0 aromatic heterocycles. The summed E-state index contributed by atoms with van der Waals surface area (Å²) in [6.45, 7) is 1.43. The number of carbonyl (C=O) groups excluding carboxylic acids is 1. The van der Waals surface area contributed by atoms with Gasteiger partial charge < -0.3 is 15.2 Å². The quantitative estimate of drug-likeness (QED) is 0.844. The number of carboxylic acids is 1. The van der Waals surface area contributed by atoms with Gasteiger partial charge in [0.05, 0.1) is 24.4 Å². The zero-order valence-corrected chi connectivity index (χ0v) is 14.0. The summed E-state index contributed by atoms with van der Waals surface area (Å²) in [5.41, 5.74) is 2.63. The highest BCUT2D eigenvalue weighted by atomic mass is 16.5. The third-order valence-electron chi connectivity index (χ3n) is 4.08. The molecule has 1 aliphatic heterocycles. The maximum absolute atomic E-state index is 12.2. The van der Waals surface area contributed by atoms with Crippen LogP contribution in [0.4, 0.5) is 5.69 Å². The number of para-hydroxylation sites is 2. The molecule has 130 valence electrons. The first kappa shape index (κ1) is 17.0. The Balaban J connectivity index is 1.62. The van der Waals surface area contributed by atoms with Crippen LogP contribution >= 0.6 is 0 Å². The number of carbonyl (C=O) groups is 2. The molecule has 0 saturated carbocycles. The molecule has 1 amide bonds. The van der Waals surface area contributed by atoms with Crippen LogP contribution in [0, 0.1) is 0 Å². The highest BCUT2D eigenvalue weighted by Crippen LogP contribution is 2.30. The standard InChI is InChI=1S/C19H20N2O4/c1-21(11-14-6-4-5-13-9-10-25-18(13)14)12-17(22)20-16-8-3-2-7-15(16)19(23)24/h2-8H,9-12H2,1H3,(H,20,22)(H,23,24). The summed E-state index contributed by atoms with van der Waals surface area (Å²) >= 11 is 0. The smallest absolute Gasteiger partial charge is 0.337 e. The third kappa shape index (κ3) is 3.97. The molecule has 2 aromatic rings. The maximum atomic E-state index is 12.2. The fourth-order valence-corrected chi connectivity index (χ4v) is 2.97. The van der Waals surface area contributed by atoms with Gasteiger partial charge in [-0.1, -0.05) is 30.3 Å². The second-order valence-electron chi connectivity index (χ2n) is 6.08. The molecule has 0 radical (unpaired) electrons. The Morgan fingerprint density at radius 1 is 1.20 bits per heavy atom. The first-order chi connectivity index (χ1) is 12.0. The van der Waals surface area contributed by atoms with Crippen LogP contribution < -0.4 is 10.1 Å². The van der Waals surface area contributed by atoms with Crippen molar-refractivity contribution in [1.82, 2.24) is 4.90 Å². The fraction of sp³-hybridized carbons (Fsp3) is 0.263. The zero-order chi connectivity index (χ0) is 17.8. The minimum atomic E-state index is -1.07. The van der Waals surface area contributed by atoms with E-state index >= 15 is 0 Å². The summed E-state index contributed by atoms with van der Waals surface area (Å²) in [4.78, 5) is 25.3. The Hall–Kier alpha value is -2.86. The van der Waals surface area contributed by atoms with E-state index in [0.717, 1.165) is 17.7 Å². The Kier molecular flexibility index (Phi) is 5.00. The van der Waals surface area contributed by atoms with Gasteiger partial charge in [-0.3, -0.25) is 9.69 Å². The maximum Gasteiger partial charge on any atom is 0.337 e. The second-order valence-corrected chi connectivity index (χ2v) is 6.08. The number of hydrogen-bond donors (Lipinski definition) is 2. The van der Waals surface area contributed by atoms with E-state index in [1.54, 1.807) is 18.2 Å². The number of fused-ring (bicyclic) bond motifs is 1. The van der Waals surface area contributed by atoms with Crippen molar-refractivity contribution >= 4 is 17.6 Å². The molecule has 0 bridgehead atoms. The van der Waals surface area contributed by atoms with Crippen LogP contribution in [-0.4, -0.2) is 42.1 Å². The Morgan fingerprint density at radius 3 is 2.80 bits per heavy atom. The molecule has 0 unspecified atom stereocenters. The van der Waals surface area contributed by atoms with Crippen LogP contribution in [0.15, 0.2) is 42.5 Å². The second kappa shape index (κ2) is 7.36. The number of nitrogens with zero attached hydrogens (tertiary/aromatic N) is 1. The van der Waals surface area contributed by atoms with Gasteiger partial charge >= 0.3 is 5.97 Å². The number of aromatic carboxylic acids is 1. The van der Waals surface area contributed by atoms with E-state index in [0.29, 0.717) is 18.8 Å². The number of nitrogens with one attached hydrogen (secondary N) is 1. The predicted octanol–water partition coefficient (Wildman–Crippen LogP) is 2.39. The summed E-state index contributed by atoms with van der Waals surface area (Å²) in [6.07, 6.45) is 0.916. The van der Waals surface area contributed by atoms with Crippen molar-refractivity contribution in [2.24, 2.45) is 0 Å². The molecule has 0 aliphatic carbocycles. The van der Waals surface area contributed by atoms with Gasteiger partial charge in [0, 0.05) is 18.5 Å². The SMILES string of the molecule is CN(CC(=O)Nc1ccccc1C(=O)O)Cc1cccc2c1OCC2. The van der Waals surface area contributed by atoms with Crippen molar-refractivity contribution in [3.05, 3.63) is 59.2 Å². The van der Waals surface area contributed by atoms with E-state index in [2.05, 4.69) is 11.4 Å². The van der Waals surface area contributed by atoms with Gasteiger partial charge in [0.15, 0.2) is 0 Å². The molecule has 6 heteroatoms. The van der Waals surface area contributed by atoms with Gasteiger partial charge in [-0.15, -0.1) is 0 Å². The lowest BCUT2D eigenvalue weighted by Gasteiger charge is -2.18. The van der Waals surface area contributed by atoms with E-state index in [1.165, 1.54) is 11.6 Å². The highest BCUT2D eigenvalue weighted by Gasteiger charge is 2.18. The number of amides is 1. The van der Waals surface area contributed by atoms with E-state index in [-0.39, 0.29) is 18.0 Å². The number of anilines is 1. The van der Waals surface area contributed by atoms with Crippen molar-refractivity contribution in [3.8, 4) is 5.75 Å². The molecular weight excluding hydrogens is 320 g/mol. The zero-order valence-electron chi connectivity index (χ0n) is 14.0. The Labute approximate surface area is 146 Å². The van der Waals surface area contributed by atoms with Crippen LogP contribution in [0.3, 0.4) is 0 Å². The van der Waals surface area contributed by atoms with E-state index in [1.807, 2.05) is 24.1 Å². The molecule has 0 saturated heterocycles. The van der Waals surface area contributed by atoms with Gasteiger partial charge in [0.2, 0.25) is 5.91 Å². The monoisotopic (exact) mass is 340 g/mol. The number of rotatable bonds is 6. The number of carboxylic acid groups (broad SMARTS) is 1. The van der Waals surface area contributed by atoms with Crippen molar-refractivity contribution in [2.75, 3.05) is 25.5 Å². The van der Waals surface area contributed by atoms with Crippen LogP contribution in [0.5, 0.6) is 5.75 Å². The molecule has 6 nitrogen and oxygen atoms in total. The molecule has 1 heterocycles. The molecule has 3 rings (SSSR count).